The number of esters is 1. The van der Waals surface area contributed by atoms with Gasteiger partial charge in [0.05, 0.1) is 30.0 Å². The monoisotopic (exact) mass is 450 g/mol. The van der Waals surface area contributed by atoms with Gasteiger partial charge in [0.1, 0.15) is 5.69 Å². The number of ether oxygens (including phenoxy) is 1. The van der Waals surface area contributed by atoms with Gasteiger partial charge in [-0.05, 0) is 54.4 Å². The van der Waals surface area contributed by atoms with Gasteiger partial charge in [-0.2, -0.15) is 5.11 Å². The third-order valence-corrected chi connectivity index (χ3v) is 5.22. The standard InChI is InChI=1S/C24H23ClN4O3/c1-15(17-8-10-18(11-9-17)24(31)32-2)28-23(30)20-4-3-5-21(29-26)22(20)27-14-16-6-12-19(25)13-7-16/h3-13,15,26-27H,14H2,1-2H3,(H,28,30). The molecule has 0 saturated heterocycles. The highest BCUT2D eigenvalue weighted by Crippen LogP contribution is 2.30. The molecule has 0 fully saturated rings. The molecule has 0 heterocycles. The van der Waals surface area contributed by atoms with E-state index in [-0.39, 0.29) is 11.9 Å². The Morgan fingerprint density at radius 3 is 2.38 bits per heavy atom. The molecule has 0 aliphatic rings. The van der Waals surface area contributed by atoms with Gasteiger partial charge in [0.25, 0.3) is 5.91 Å². The Balaban J connectivity index is 1.77. The quantitative estimate of drug-likeness (QED) is 0.294. The molecule has 1 atom stereocenters. The lowest BCUT2D eigenvalue weighted by Gasteiger charge is -2.18. The fourth-order valence-electron chi connectivity index (χ4n) is 3.18. The molecule has 0 bridgehead atoms. The van der Waals surface area contributed by atoms with E-state index in [0.29, 0.717) is 34.1 Å². The van der Waals surface area contributed by atoms with E-state index >= 15 is 0 Å². The number of nitrogens with zero attached hydrogens (tertiary/aromatic N) is 1. The van der Waals surface area contributed by atoms with Gasteiger partial charge in [0.15, 0.2) is 0 Å². The minimum absolute atomic E-state index is 0.307. The largest absolute Gasteiger partial charge is 0.465 e. The highest BCUT2D eigenvalue weighted by Gasteiger charge is 2.18. The first-order chi connectivity index (χ1) is 15.4. The van der Waals surface area contributed by atoms with Crippen LogP contribution >= 0.6 is 11.6 Å². The van der Waals surface area contributed by atoms with Crippen LogP contribution in [0, 0.1) is 5.53 Å². The number of carbonyl (C=O) groups excluding carboxylic acids is 2. The zero-order valence-electron chi connectivity index (χ0n) is 17.7. The van der Waals surface area contributed by atoms with Crippen LogP contribution in [0.25, 0.3) is 0 Å². The molecular formula is C24H23ClN4O3. The van der Waals surface area contributed by atoms with E-state index in [4.69, 9.17) is 21.9 Å². The van der Waals surface area contributed by atoms with Crippen molar-refractivity contribution >= 4 is 34.9 Å². The third kappa shape index (κ3) is 5.50. The number of carbonyl (C=O) groups is 2. The molecule has 32 heavy (non-hydrogen) atoms. The van der Waals surface area contributed by atoms with E-state index in [1.165, 1.54) is 7.11 Å². The smallest absolute Gasteiger partial charge is 0.337 e. The third-order valence-electron chi connectivity index (χ3n) is 4.97. The van der Waals surface area contributed by atoms with E-state index in [1.807, 2.05) is 19.1 Å². The fourth-order valence-corrected chi connectivity index (χ4v) is 3.31. The predicted octanol–water partition coefficient (Wildman–Crippen LogP) is 5.89. The number of nitrogens with one attached hydrogen (secondary N) is 3. The first-order valence-corrected chi connectivity index (χ1v) is 10.3. The lowest BCUT2D eigenvalue weighted by atomic mass is 10.0. The minimum Gasteiger partial charge on any atom is -0.465 e. The van der Waals surface area contributed by atoms with Gasteiger partial charge in [-0.3, -0.25) is 4.79 Å². The van der Waals surface area contributed by atoms with Gasteiger partial charge in [-0.15, -0.1) is 0 Å². The lowest BCUT2D eigenvalue weighted by molar-refractivity contribution is 0.0600. The average molecular weight is 451 g/mol. The Morgan fingerprint density at radius 2 is 1.75 bits per heavy atom. The first kappa shape index (κ1) is 23.0. The molecule has 0 aliphatic heterocycles. The summed E-state index contributed by atoms with van der Waals surface area (Å²) in [5.74, 6) is -0.723. The van der Waals surface area contributed by atoms with Crippen molar-refractivity contribution in [3.05, 3.63) is 94.0 Å². The van der Waals surface area contributed by atoms with E-state index in [9.17, 15) is 9.59 Å². The molecule has 3 N–H and O–H groups in total. The topological polar surface area (TPSA) is 104 Å². The van der Waals surface area contributed by atoms with Crippen LogP contribution in [0.15, 0.2) is 71.8 Å². The summed E-state index contributed by atoms with van der Waals surface area (Å²) in [6, 6.07) is 18.9. The number of methoxy groups -OCH3 is 1. The number of rotatable bonds is 8. The molecule has 3 aromatic rings. The van der Waals surface area contributed by atoms with E-state index in [1.54, 1.807) is 54.6 Å². The molecule has 0 spiro atoms. The maximum absolute atomic E-state index is 13.0. The molecule has 0 radical (unpaired) electrons. The average Bonchev–Trinajstić information content (AvgIpc) is 2.82. The van der Waals surface area contributed by atoms with Crippen molar-refractivity contribution in [2.45, 2.75) is 19.5 Å². The molecule has 1 amide bonds. The molecule has 3 aromatic carbocycles. The Kier molecular flexibility index (Phi) is 7.57. The van der Waals surface area contributed by atoms with Crippen LogP contribution < -0.4 is 10.6 Å². The van der Waals surface area contributed by atoms with E-state index < -0.39 is 5.97 Å². The van der Waals surface area contributed by atoms with Gasteiger partial charge in [0.2, 0.25) is 0 Å². The number of benzene rings is 3. The zero-order valence-corrected chi connectivity index (χ0v) is 18.4. The zero-order chi connectivity index (χ0) is 23.1. The normalized spacial score (nSPS) is 11.3. The second kappa shape index (κ2) is 10.5. The summed E-state index contributed by atoms with van der Waals surface area (Å²) in [5, 5.41) is 10.4. The molecule has 164 valence electrons. The lowest BCUT2D eigenvalue weighted by Crippen LogP contribution is -2.27. The molecule has 8 heteroatoms. The van der Waals surface area contributed by atoms with Crippen molar-refractivity contribution in [3.63, 3.8) is 0 Å². The van der Waals surface area contributed by atoms with Crippen molar-refractivity contribution < 1.29 is 14.3 Å². The van der Waals surface area contributed by atoms with E-state index in [0.717, 1.165) is 11.1 Å². The van der Waals surface area contributed by atoms with Crippen molar-refractivity contribution in [2.75, 3.05) is 12.4 Å². The molecule has 0 aliphatic carbocycles. The number of hydrogen-bond donors (Lipinski definition) is 3. The van der Waals surface area contributed by atoms with Gasteiger partial charge in [-0.1, -0.05) is 41.9 Å². The Bertz CT molecular complexity index is 1120. The minimum atomic E-state index is -0.416. The Labute approximate surface area is 191 Å². The van der Waals surface area contributed by atoms with Crippen LogP contribution in [-0.2, 0) is 11.3 Å². The maximum atomic E-state index is 13.0. The van der Waals surface area contributed by atoms with Crippen LogP contribution in [0.2, 0.25) is 5.02 Å². The summed E-state index contributed by atoms with van der Waals surface area (Å²) in [7, 11) is 1.33. The van der Waals surface area contributed by atoms with Gasteiger partial charge < -0.3 is 15.4 Å². The molecule has 0 saturated carbocycles. The predicted molar refractivity (Wildman–Crippen MR) is 124 cm³/mol. The highest BCUT2D eigenvalue weighted by molar-refractivity contribution is 6.30. The molecular weight excluding hydrogens is 428 g/mol. The van der Waals surface area contributed by atoms with Crippen LogP contribution in [-0.4, -0.2) is 19.0 Å². The van der Waals surface area contributed by atoms with Crippen LogP contribution in [0.1, 0.15) is 44.8 Å². The SMILES string of the molecule is COC(=O)c1ccc(C(C)NC(=O)c2cccc(N=N)c2NCc2ccc(Cl)cc2)cc1. The van der Waals surface area contributed by atoms with Gasteiger partial charge in [0, 0.05) is 11.6 Å². The van der Waals surface area contributed by atoms with Crippen molar-refractivity contribution in [1.29, 1.82) is 5.53 Å². The van der Waals surface area contributed by atoms with Gasteiger partial charge in [-0.25, -0.2) is 10.3 Å². The van der Waals surface area contributed by atoms with Crippen LogP contribution in [0.4, 0.5) is 11.4 Å². The first-order valence-electron chi connectivity index (χ1n) is 9.91. The Morgan fingerprint density at radius 1 is 1.06 bits per heavy atom. The number of amides is 1. The second-order valence-corrected chi connectivity index (χ2v) is 7.54. The Hall–Kier alpha value is -3.71. The van der Waals surface area contributed by atoms with Crippen LogP contribution in [0.5, 0.6) is 0 Å². The summed E-state index contributed by atoms with van der Waals surface area (Å²) < 4.78 is 4.71. The summed E-state index contributed by atoms with van der Waals surface area (Å²) >= 11 is 5.94. The fraction of sp³-hybridized carbons (Fsp3) is 0.167. The summed E-state index contributed by atoms with van der Waals surface area (Å²) in [5.41, 5.74) is 10.9. The highest BCUT2D eigenvalue weighted by atomic mass is 35.5. The number of para-hydroxylation sites is 1. The van der Waals surface area contributed by atoms with Crippen molar-refractivity contribution in [2.24, 2.45) is 5.11 Å². The van der Waals surface area contributed by atoms with Crippen molar-refractivity contribution in [1.82, 2.24) is 5.32 Å². The molecule has 7 nitrogen and oxygen atoms in total. The number of halogens is 1. The molecule has 1 unspecified atom stereocenters. The van der Waals surface area contributed by atoms with Crippen LogP contribution in [0.3, 0.4) is 0 Å². The summed E-state index contributed by atoms with van der Waals surface area (Å²) in [4.78, 5) is 24.7. The number of hydrogen-bond acceptors (Lipinski definition) is 6. The second-order valence-electron chi connectivity index (χ2n) is 7.10. The van der Waals surface area contributed by atoms with Crippen molar-refractivity contribution in [3.8, 4) is 0 Å². The molecule has 0 aromatic heterocycles. The van der Waals surface area contributed by atoms with Gasteiger partial charge >= 0.3 is 5.97 Å². The number of anilines is 1. The van der Waals surface area contributed by atoms with E-state index in [2.05, 4.69) is 15.7 Å². The summed E-state index contributed by atoms with van der Waals surface area (Å²) in [6.07, 6.45) is 0. The summed E-state index contributed by atoms with van der Waals surface area (Å²) in [6.45, 7) is 2.29. The molecule has 3 rings (SSSR count). The maximum Gasteiger partial charge on any atom is 0.337 e.